The molecule has 0 spiro atoms. The summed E-state index contributed by atoms with van der Waals surface area (Å²) in [6, 6.07) is 3.55. The van der Waals surface area contributed by atoms with Crippen molar-refractivity contribution in [3.05, 3.63) is 36.5 Å². The van der Waals surface area contributed by atoms with Crippen LogP contribution in [0.5, 0.6) is 0 Å². The van der Waals surface area contributed by atoms with Gasteiger partial charge in [0.25, 0.3) is 0 Å². The smallest absolute Gasteiger partial charge is 0.153 e. The van der Waals surface area contributed by atoms with Crippen molar-refractivity contribution in [2.45, 2.75) is 13.3 Å². The van der Waals surface area contributed by atoms with Crippen LogP contribution in [0, 0.1) is 0 Å². The van der Waals surface area contributed by atoms with Crippen molar-refractivity contribution in [1.82, 2.24) is 4.98 Å². The fourth-order valence-corrected chi connectivity index (χ4v) is 1.48. The van der Waals surface area contributed by atoms with Crippen LogP contribution in [0.3, 0.4) is 0 Å². The Hall–Kier alpha value is -1.64. The molecule has 80 valence electrons. The first-order valence-electron chi connectivity index (χ1n) is 5.09. The van der Waals surface area contributed by atoms with E-state index in [4.69, 9.17) is 0 Å². The van der Waals surface area contributed by atoms with E-state index in [0.717, 1.165) is 25.1 Å². The molecule has 0 aromatic carbocycles. The number of rotatable bonds is 6. The molecule has 3 heteroatoms. The number of carbonyl (C=O) groups is 1. The Kier molecular flexibility index (Phi) is 4.54. The second-order valence-electron chi connectivity index (χ2n) is 3.27. The van der Waals surface area contributed by atoms with Crippen LogP contribution in [0.4, 0.5) is 5.82 Å². The van der Waals surface area contributed by atoms with E-state index in [1.165, 1.54) is 0 Å². The normalized spacial score (nSPS) is 9.67. The number of aromatic nitrogens is 1. The van der Waals surface area contributed by atoms with Crippen molar-refractivity contribution in [3.8, 4) is 0 Å². The highest BCUT2D eigenvalue weighted by atomic mass is 16.1. The summed E-state index contributed by atoms with van der Waals surface area (Å²) in [7, 11) is 0. The fourth-order valence-electron chi connectivity index (χ4n) is 1.48. The third-order valence-corrected chi connectivity index (χ3v) is 2.09. The molecule has 15 heavy (non-hydrogen) atoms. The van der Waals surface area contributed by atoms with E-state index in [1.54, 1.807) is 18.3 Å². The molecule has 1 heterocycles. The molecule has 0 aliphatic rings. The zero-order valence-electron chi connectivity index (χ0n) is 9.02. The number of aldehydes is 1. The standard InChI is InChI=1S/C12H16N2O/c1-3-8-14(9-4-2)12-11(10-15)6-5-7-13-12/h3,5-7,10H,1,4,8-9H2,2H3. The SMILES string of the molecule is C=CCN(CCC)c1ncccc1C=O. The van der Waals surface area contributed by atoms with Gasteiger partial charge in [0.2, 0.25) is 0 Å². The minimum atomic E-state index is 0.632. The minimum absolute atomic E-state index is 0.632. The maximum atomic E-state index is 10.8. The molecule has 0 saturated heterocycles. The maximum absolute atomic E-state index is 10.8. The number of pyridine rings is 1. The Balaban J connectivity index is 2.97. The summed E-state index contributed by atoms with van der Waals surface area (Å²) in [6.45, 7) is 7.40. The molecule has 0 radical (unpaired) electrons. The molecule has 0 fully saturated rings. The van der Waals surface area contributed by atoms with Crippen LogP contribution in [0.25, 0.3) is 0 Å². The van der Waals surface area contributed by atoms with E-state index < -0.39 is 0 Å². The third-order valence-electron chi connectivity index (χ3n) is 2.09. The highest BCUT2D eigenvalue weighted by molar-refractivity contribution is 5.82. The summed E-state index contributed by atoms with van der Waals surface area (Å²) in [5, 5.41) is 0. The second kappa shape index (κ2) is 5.96. The van der Waals surface area contributed by atoms with E-state index >= 15 is 0 Å². The summed E-state index contributed by atoms with van der Waals surface area (Å²) >= 11 is 0. The van der Waals surface area contributed by atoms with E-state index in [-0.39, 0.29) is 0 Å². The lowest BCUT2D eigenvalue weighted by atomic mass is 10.2. The molecule has 0 saturated carbocycles. The van der Waals surface area contributed by atoms with Crippen LogP contribution in [0.1, 0.15) is 23.7 Å². The summed E-state index contributed by atoms with van der Waals surface area (Å²) in [5.74, 6) is 0.745. The third kappa shape index (κ3) is 2.91. The maximum Gasteiger partial charge on any atom is 0.153 e. The highest BCUT2D eigenvalue weighted by Crippen LogP contribution is 2.15. The predicted octanol–water partition coefficient (Wildman–Crippen LogP) is 2.30. The van der Waals surface area contributed by atoms with Gasteiger partial charge in [-0.2, -0.15) is 0 Å². The predicted molar refractivity (Wildman–Crippen MR) is 62.3 cm³/mol. The van der Waals surface area contributed by atoms with E-state index in [0.29, 0.717) is 12.1 Å². The zero-order chi connectivity index (χ0) is 11.1. The highest BCUT2D eigenvalue weighted by Gasteiger charge is 2.09. The molecule has 0 N–H and O–H groups in total. The Morgan fingerprint density at radius 3 is 3.00 bits per heavy atom. The summed E-state index contributed by atoms with van der Waals surface area (Å²) in [4.78, 5) is 17.1. The quantitative estimate of drug-likeness (QED) is 0.526. The number of nitrogens with zero attached hydrogens (tertiary/aromatic N) is 2. The largest absolute Gasteiger partial charge is 0.352 e. The first kappa shape index (κ1) is 11.4. The molecule has 3 nitrogen and oxygen atoms in total. The van der Waals surface area contributed by atoms with Crippen LogP contribution in [-0.2, 0) is 0 Å². The molecule has 0 aliphatic carbocycles. The van der Waals surface area contributed by atoms with Crippen LogP contribution in [0.2, 0.25) is 0 Å². The first-order chi connectivity index (χ1) is 7.33. The zero-order valence-corrected chi connectivity index (χ0v) is 9.02. The van der Waals surface area contributed by atoms with Gasteiger partial charge in [-0.1, -0.05) is 13.0 Å². The van der Waals surface area contributed by atoms with E-state index in [2.05, 4.69) is 23.4 Å². The Labute approximate surface area is 90.4 Å². The molecule has 0 amide bonds. The van der Waals surface area contributed by atoms with Crippen molar-refractivity contribution in [3.63, 3.8) is 0 Å². The fraction of sp³-hybridized carbons (Fsp3) is 0.333. The van der Waals surface area contributed by atoms with Gasteiger partial charge in [0.15, 0.2) is 6.29 Å². The van der Waals surface area contributed by atoms with Crippen LogP contribution < -0.4 is 4.90 Å². The minimum Gasteiger partial charge on any atom is -0.352 e. The lowest BCUT2D eigenvalue weighted by Crippen LogP contribution is -2.26. The number of hydrogen-bond acceptors (Lipinski definition) is 3. The lowest BCUT2D eigenvalue weighted by Gasteiger charge is -2.22. The molecule has 0 atom stereocenters. The molecule has 1 aromatic rings. The molecule has 0 bridgehead atoms. The van der Waals surface area contributed by atoms with Crippen molar-refractivity contribution in [2.24, 2.45) is 0 Å². The molecular weight excluding hydrogens is 188 g/mol. The molecule has 1 aromatic heterocycles. The molecule has 0 unspecified atom stereocenters. The van der Waals surface area contributed by atoms with Gasteiger partial charge in [-0.15, -0.1) is 6.58 Å². The van der Waals surface area contributed by atoms with Gasteiger partial charge in [-0.25, -0.2) is 4.98 Å². The van der Waals surface area contributed by atoms with Gasteiger partial charge in [0, 0.05) is 19.3 Å². The number of carbonyl (C=O) groups excluding carboxylic acids is 1. The van der Waals surface area contributed by atoms with Gasteiger partial charge < -0.3 is 4.90 Å². The first-order valence-corrected chi connectivity index (χ1v) is 5.09. The number of anilines is 1. The van der Waals surface area contributed by atoms with Gasteiger partial charge in [-0.05, 0) is 18.6 Å². The molecular formula is C12H16N2O. The van der Waals surface area contributed by atoms with Crippen LogP contribution in [0.15, 0.2) is 31.0 Å². The van der Waals surface area contributed by atoms with Crippen molar-refractivity contribution < 1.29 is 4.79 Å². The van der Waals surface area contributed by atoms with Crippen molar-refractivity contribution in [2.75, 3.05) is 18.0 Å². The second-order valence-corrected chi connectivity index (χ2v) is 3.27. The van der Waals surface area contributed by atoms with Crippen LogP contribution >= 0.6 is 0 Å². The molecule has 1 rings (SSSR count). The van der Waals surface area contributed by atoms with Gasteiger partial charge in [0.05, 0.1) is 5.56 Å². The molecule has 0 aliphatic heterocycles. The van der Waals surface area contributed by atoms with Crippen molar-refractivity contribution >= 4 is 12.1 Å². The van der Waals surface area contributed by atoms with Gasteiger partial charge in [0.1, 0.15) is 5.82 Å². The Morgan fingerprint density at radius 2 is 2.40 bits per heavy atom. The van der Waals surface area contributed by atoms with E-state index in [1.807, 2.05) is 6.08 Å². The number of hydrogen-bond donors (Lipinski definition) is 0. The van der Waals surface area contributed by atoms with Gasteiger partial charge in [-0.3, -0.25) is 4.79 Å². The topological polar surface area (TPSA) is 33.2 Å². The van der Waals surface area contributed by atoms with Crippen molar-refractivity contribution in [1.29, 1.82) is 0 Å². The average Bonchev–Trinajstić information content (AvgIpc) is 2.29. The monoisotopic (exact) mass is 204 g/mol. The Bertz CT molecular complexity index is 336. The van der Waals surface area contributed by atoms with E-state index in [9.17, 15) is 4.79 Å². The summed E-state index contributed by atoms with van der Waals surface area (Å²) < 4.78 is 0. The lowest BCUT2D eigenvalue weighted by molar-refractivity contribution is 0.112. The Morgan fingerprint density at radius 1 is 1.60 bits per heavy atom. The average molecular weight is 204 g/mol. The van der Waals surface area contributed by atoms with Gasteiger partial charge >= 0.3 is 0 Å². The summed E-state index contributed by atoms with van der Waals surface area (Å²) in [6.07, 6.45) is 5.38. The van der Waals surface area contributed by atoms with Crippen LogP contribution in [-0.4, -0.2) is 24.4 Å². The summed E-state index contributed by atoms with van der Waals surface area (Å²) in [5.41, 5.74) is 0.632.